The van der Waals surface area contributed by atoms with Crippen LogP contribution in [0.4, 0.5) is 4.79 Å². The van der Waals surface area contributed by atoms with E-state index >= 15 is 0 Å². The van der Waals surface area contributed by atoms with Gasteiger partial charge in [-0.15, -0.1) is 11.8 Å². The van der Waals surface area contributed by atoms with E-state index < -0.39 is 12.0 Å². The number of nitrogens with zero attached hydrogens (tertiary/aromatic N) is 1. The third-order valence-electron chi connectivity index (χ3n) is 4.87. The predicted molar refractivity (Wildman–Crippen MR) is 85.6 cm³/mol. The highest BCUT2D eigenvalue weighted by molar-refractivity contribution is 5.73. The lowest BCUT2D eigenvalue weighted by molar-refractivity contribution is -0.138. The van der Waals surface area contributed by atoms with Crippen LogP contribution in [-0.4, -0.2) is 47.8 Å². The number of fused-ring (bicyclic) bond motifs is 1. The van der Waals surface area contributed by atoms with Crippen molar-refractivity contribution < 1.29 is 19.4 Å². The van der Waals surface area contributed by atoms with E-state index in [1.54, 1.807) is 0 Å². The van der Waals surface area contributed by atoms with Gasteiger partial charge in [-0.2, -0.15) is 0 Å². The number of hydrogen-bond acceptors (Lipinski definition) is 4. The van der Waals surface area contributed by atoms with Crippen molar-refractivity contribution in [1.29, 1.82) is 0 Å². The first-order valence-corrected chi connectivity index (χ1v) is 8.35. The number of carboxylic acid groups (broad SMARTS) is 1. The van der Waals surface area contributed by atoms with Gasteiger partial charge in [-0.3, -0.25) is 4.79 Å². The number of ether oxygens (including phenoxy) is 1. The molecule has 3 atom stereocenters. The number of rotatable bonds is 7. The van der Waals surface area contributed by atoms with E-state index in [9.17, 15) is 9.59 Å². The SMILES string of the molecule is COC(=O)N(CCCCC(N)C(=O)O)C1C2CCC#CCCC21. The van der Waals surface area contributed by atoms with Crippen LogP contribution in [0.1, 0.15) is 44.9 Å². The number of carbonyl (C=O) groups excluding carboxylic acids is 1. The molecule has 2 rings (SSSR count). The number of carboxylic acids is 1. The molecule has 1 amide bonds. The molecular formula is C17H26N2O4. The van der Waals surface area contributed by atoms with Crippen molar-refractivity contribution in [1.82, 2.24) is 4.90 Å². The van der Waals surface area contributed by atoms with Crippen LogP contribution in [0.2, 0.25) is 0 Å². The van der Waals surface area contributed by atoms with Gasteiger partial charge in [0.2, 0.25) is 0 Å². The molecule has 0 bridgehead atoms. The van der Waals surface area contributed by atoms with Crippen molar-refractivity contribution in [2.75, 3.05) is 13.7 Å². The van der Waals surface area contributed by atoms with Crippen molar-refractivity contribution in [3.8, 4) is 11.8 Å². The van der Waals surface area contributed by atoms with Crippen LogP contribution in [0.3, 0.4) is 0 Å². The van der Waals surface area contributed by atoms with E-state index in [4.69, 9.17) is 15.6 Å². The van der Waals surface area contributed by atoms with Gasteiger partial charge in [0.05, 0.1) is 7.11 Å². The summed E-state index contributed by atoms with van der Waals surface area (Å²) in [5.41, 5.74) is 5.50. The first-order valence-electron chi connectivity index (χ1n) is 8.35. The molecule has 0 aliphatic heterocycles. The van der Waals surface area contributed by atoms with Gasteiger partial charge < -0.3 is 20.5 Å². The van der Waals surface area contributed by atoms with Crippen LogP contribution < -0.4 is 5.73 Å². The Morgan fingerprint density at radius 3 is 2.39 bits per heavy atom. The third-order valence-corrected chi connectivity index (χ3v) is 4.87. The molecule has 2 aliphatic rings. The molecule has 23 heavy (non-hydrogen) atoms. The summed E-state index contributed by atoms with van der Waals surface area (Å²) in [6.07, 6.45) is 5.45. The first kappa shape index (κ1) is 17.6. The van der Waals surface area contributed by atoms with E-state index in [0.29, 0.717) is 31.2 Å². The van der Waals surface area contributed by atoms with Gasteiger partial charge in [-0.1, -0.05) is 0 Å². The van der Waals surface area contributed by atoms with Crippen LogP contribution in [0.25, 0.3) is 0 Å². The topological polar surface area (TPSA) is 92.9 Å². The third kappa shape index (κ3) is 4.61. The fraction of sp³-hybridized carbons (Fsp3) is 0.765. The number of amides is 1. The standard InChI is InChI=1S/C17H26N2O4/c1-23-17(22)19(11-7-6-10-14(18)16(20)21)15-12-8-4-2-3-5-9-13(12)15/h12-15H,4-11,18H2,1H3,(H,20,21). The molecule has 0 radical (unpaired) electrons. The molecule has 6 heteroatoms. The lowest BCUT2D eigenvalue weighted by Gasteiger charge is -2.22. The maximum Gasteiger partial charge on any atom is 0.409 e. The van der Waals surface area contributed by atoms with Gasteiger partial charge in [-0.05, 0) is 43.9 Å². The van der Waals surface area contributed by atoms with Crippen molar-refractivity contribution in [2.24, 2.45) is 17.6 Å². The molecular weight excluding hydrogens is 296 g/mol. The van der Waals surface area contributed by atoms with Crippen LogP contribution in [-0.2, 0) is 9.53 Å². The predicted octanol–water partition coefficient (Wildman–Crippen LogP) is 1.83. The molecule has 0 aromatic carbocycles. The number of unbranched alkanes of at least 4 members (excludes halogenated alkanes) is 1. The van der Waals surface area contributed by atoms with Crippen LogP contribution in [0.5, 0.6) is 0 Å². The Bertz CT molecular complexity index is 479. The lowest BCUT2D eigenvalue weighted by atomic mass is 10.1. The Kier molecular flexibility index (Phi) is 6.28. The highest BCUT2D eigenvalue weighted by Crippen LogP contribution is 2.49. The van der Waals surface area contributed by atoms with Gasteiger partial charge >= 0.3 is 12.1 Å². The molecule has 0 saturated heterocycles. The zero-order valence-electron chi connectivity index (χ0n) is 13.7. The highest BCUT2D eigenvalue weighted by atomic mass is 16.5. The Labute approximate surface area is 137 Å². The number of carbonyl (C=O) groups is 2. The minimum atomic E-state index is -0.976. The average Bonchev–Trinajstić information content (AvgIpc) is 3.16. The fourth-order valence-corrected chi connectivity index (χ4v) is 3.56. The minimum absolute atomic E-state index is 0.247. The summed E-state index contributed by atoms with van der Waals surface area (Å²) in [6.45, 7) is 0.595. The summed E-state index contributed by atoms with van der Waals surface area (Å²) >= 11 is 0. The maximum atomic E-state index is 12.1. The summed E-state index contributed by atoms with van der Waals surface area (Å²) in [6, 6.07) is -0.577. The van der Waals surface area contributed by atoms with Gasteiger partial charge in [0.1, 0.15) is 6.04 Å². The fourth-order valence-electron chi connectivity index (χ4n) is 3.56. The maximum absolute atomic E-state index is 12.1. The zero-order valence-corrected chi connectivity index (χ0v) is 13.7. The number of aliphatic carboxylic acids is 1. The average molecular weight is 322 g/mol. The van der Waals surface area contributed by atoms with Crippen LogP contribution in [0.15, 0.2) is 0 Å². The molecule has 0 aromatic rings. The van der Waals surface area contributed by atoms with Crippen molar-refractivity contribution >= 4 is 12.1 Å². The van der Waals surface area contributed by atoms with E-state index in [1.165, 1.54) is 7.11 Å². The zero-order chi connectivity index (χ0) is 16.8. The lowest BCUT2D eigenvalue weighted by Crippen LogP contribution is -2.36. The van der Waals surface area contributed by atoms with Gasteiger partial charge in [0.15, 0.2) is 0 Å². The molecule has 128 valence electrons. The van der Waals surface area contributed by atoms with Crippen LogP contribution >= 0.6 is 0 Å². The van der Waals surface area contributed by atoms with Gasteiger partial charge in [-0.25, -0.2) is 4.79 Å². The van der Waals surface area contributed by atoms with E-state index in [0.717, 1.165) is 32.1 Å². The van der Waals surface area contributed by atoms with Gasteiger partial charge in [0, 0.05) is 25.4 Å². The minimum Gasteiger partial charge on any atom is -0.480 e. The largest absolute Gasteiger partial charge is 0.480 e. The van der Waals surface area contributed by atoms with Crippen molar-refractivity contribution in [2.45, 2.75) is 57.0 Å². The molecule has 0 aromatic heterocycles. The molecule has 1 saturated carbocycles. The number of nitrogens with two attached hydrogens (primary N) is 1. The Balaban J connectivity index is 1.84. The monoisotopic (exact) mass is 322 g/mol. The molecule has 3 N–H and O–H groups in total. The summed E-state index contributed by atoms with van der Waals surface area (Å²) < 4.78 is 4.94. The molecule has 0 spiro atoms. The van der Waals surface area contributed by atoms with Crippen molar-refractivity contribution in [3.63, 3.8) is 0 Å². The van der Waals surface area contributed by atoms with E-state index in [2.05, 4.69) is 11.8 Å². The second kappa shape index (κ2) is 8.21. The Hall–Kier alpha value is -1.74. The highest BCUT2D eigenvalue weighted by Gasteiger charge is 2.53. The molecule has 2 aliphatic carbocycles. The molecule has 6 nitrogen and oxygen atoms in total. The number of hydrogen-bond donors (Lipinski definition) is 2. The number of methoxy groups -OCH3 is 1. The first-order chi connectivity index (χ1) is 11.1. The van der Waals surface area contributed by atoms with E-state index in [1.807, 2.05) is 4.90 Å². The smallest absolute Gasteiger partial charge is 0.409 e. The van der Waals surface area contributed by atoms with E-state index in [-0.39, 0.29) is 12.1 Å². The summed E-state index contributed by atoms with van der Waals surface area (Å²) in [7, 11) is 1.41. The summed E-state index contributed by atoms with van der Waals surface area (Å²) in [5.74, 6) is 6.42. The Morgan fingerprint density at radius 1 is 1.26 bits per heavy atom. The van der Waals surface area contributed by atoms with Crippen molar-refractivity contribution in [3.05, 3.63) is 0 Å². The second-order valence-corrected chi connectivity index (χ2v) is 6.35. The normalized spacial score (nSPS) is 26.6. The second-order valence-electron chi connectivity index (χ2n) is 6.35. The quantitative estimate of drug-likeness (QED) is 0.551. The molecule has 1 fully saturated rings. The molecule has 3 unspecified atom stereocenters. The Morgan fingerprint density at radius 2 is 1.87 bits per heavy atom. The van der Waals surface area contributed by atoms with Gasteiger partial charge in [0.25, 0.3) is 0 Å². The summed E-state index contributed by atoms with van der Waals surface area (Å²) in [5, 5.41) is 8.79. The molecule has 0 heterocycles. The van der Waals surface area contributed by atoms with Crippen LogP contribution in [0, 0.1) is 23.7 Å². The summed E-state index contributed by atoms with van der Waals surface area (Å²) in [4.78, 5) is 24.6.